The molecule has 2 aromatic carbocycles. The zero-order valence-electron chi connectivity index (χ0n) is 10.7. The monoisotopic (exact) mass is 320 g/mol. The van der Waals surface area contributed by atoms with Gasteiger partial charge in [-0.15, -0.1) is 10.2 Å². The summed E-state index contributed by atoms with van der Waals surface area (Å²) in [6.07, 6.45) is 0. The summed E-state index contributed by atoms with van der Waals surface area (Å²) in [7, 11) is 0. The minimum atomic E-state index is 0.349. The molecule has 0 unspecified atom stereocenters. The fourth-order valence-corrected chi connectivity index (χ4v) is 2.05. The summed E-state index contributed by atoms with van der Waals surface area (Å²) in [5.74, 6) is 0.698. The van der Waals surface area contributed by atoms with E-state index in [1.807, 2.05) is 0 Å². The quantitative estimate of drug-likeness (QED) is 0.699. The second kappa shape index (κ2) is 5.27. The highest BCUT2D eigenvalue weighted by atomic mass is 35.5. The van der Waals surface area contributed by atoms with Crippen LogP contribution >= 0.6 is 23.2 Å². The lowest BCUT2D eigenvalue weighted by Gasteiger charge is -2.00. The Kier molecular flexibility index (Phi) is 3.45. The molecule has 0 saturated carbocycles. The maximum absolute atomic E-state index is 5.88. The zero-order valence-corrected chi connectivity index (χ0v) is 12.2. The number of hydrogen-bond donors (Lipinski definition) is 2. The average Bonchev–Trinajstić information content (AvgIpc) is 2.94. The van der Waals surface area contributed by atoms with Crippen LogP contribution in [-0.2, 0) is 0 Å². The molecular weight excluding hydrogens is 311 g/mol. The van der Waals surface area contributed by atoms with Gasteiger partial charge in [0.1, 0.15) is 0 Å². The molecule has 7 heteroatoms. The fraction of sp³-hybridized carbons (Fsp3) is 0. The zero-order chi connectivity index (χ0) is 15.0. The van der Waals surface area contributed by atoms with Crippen molar-refractivity contribution in [2.45, 2.75) is 0 Å². The number of rotatable bonds is 2. The van der Waals surface area contributed by atoms with E-state index in [1.165, 1.54) is 0 Å². The summed E-state index contributed by atoms with van der Waals surface area (Å²) in [6.45, 7) is 0. The summed E-state index contributed by atoms with van der Waals surface area (Å²) in [5, 5.41) is 8.94. The summed E-state index contributed by atoms with van der Waals surface area (Å²) in [4.78, 5) is 0. The number of nitrogen functional groups attached to an aromatic ring is 2. The van der Waals surface area contributed by atoms with E-state index in [1.54, 1.807) is 36.4 Å². The third-order valence-corrected chi connectivity index (χ3v) is 3.60. The SMILES string of the molecule is Nc1cc(-c2nnc(-c3ccc(Cl)c(N)c3)o2)ccc1Cl. The van der Waals surface area contributed by atoms with Gasteiger partial charge in [0.25, 0.3) is 0 Å². The molecule has 0 fully saturated rings. The van der Waals surface area contributed by atoms with E-state index in [2.05, 4.69) is 10.2 Å². The molecule has 0 aliphatic rings. The van der Waals surface area contributed by atoms with Gasteiger partial charge in [0.2, 0.25) is 11.8 Å². The number of aromatic nitrogens is 2. The van der Waals surface area contributed by atoms with Crippen molar-refractivity contribution in [1.29, 1.82) is 0 Å². The lowest BCUT2D eigenvalue weighted by molar-refractivity contribution is 0.584. The van der Waals surface area contributed by atoms with Gasteiger partial charge in [-0.3, -0.25) is 0 Å². The van der Waals surface area contributed by atoms with Crippen LogP contribution in [0.3, 0.4) is 0 Å². The van der Waals surface area contributed by atoms with Crippen LogP contribution in [0.15, 0.2) is 40.8 Å². The first-order valence-corrected chi connectivity index (χ1v) is 6.74. The largest absolute Gasteiger partial charge is 0.416 e. The molecule has 106 valence electrons. The van der Waals surface area contributed by atoms with Crippen molar-refractivity contribution in [2.75, 3.05) is 11.5 Å². The highest BCUT2D eigenvalue weighted by Crippen LogP contribution is 2.30. The van der Waals surface area contributed by atoms with Crippen LogP contribution < -0.4 is 11.5 Å². The predicted octanol–water partition coefficient (Wildman–Crippen LogP) is 3.87. The topological polar surface area (TPSA) is 91.0 Å². The normalized spacial score (nSPS) is 10.8. The Morgan fingerprint density at radius 2 is 1.19 bits per heavy atom. The number of hydrogen-bond acceptors (Lipinski definition) is 5. The molecule has 21 heavy (non-hydrogen) atoms. The minimum absolute atomic E-state index is 0.349. The van der Waals surface area contributed by atoms with Crippen LogP contribution in [0.2, 0.25) is 10.0 Å². The first kappa shape index (κ1) is 13.7. The Labute approximate surface area is 130 Å². The van der Waals surface area contributed by atoms with Crippen molar-refractivity contribution in [3.05, 3.63) is 46.4 Å². The van der Waals surface area contributed by atoms with Crippen molar-refractivity contribution in [3.8, 4) is 22.9 Å². The lowest BCUT2D eigenvalue weighted by atomic mass is 10.2. The third-order valence-electron chi connectivity index (χ3n) is 2.91. The molecule has 0 aliphatic heterocycles. The second-order valence-electron chi connectivity index (χ2n) is 4.38. The Balaban J connectivity index is 1.99. The van der Waals surface area contributed by atoms with Crippen molar-refractivity contribution in [2.24, 2.45) is 0 Å². The third kappa shape index (κ3) is 2.66. The van der Waals surface area contributed by atoms with Crippen LogP contribution in [0.25, 0.3) is 22.9 Å². The fourth-order valence-electron chi connectivity index (χ4n) is 1.81. The number of halogens is 2. The highest BCUT2D eigenvalue weighted by molar-refractivity contribution is 6.33. The molecule has 5 nitrogen and oxygen atoms in total. The van der Waals surface area contributed by atoms with E-state index in [4.69, 9.17) is 39.1 Å². The van der Waals surface area contributed by atoms with Gasteiger partial charge in [-0.1, -0.05) is 23.2 Å². The average molecular weight is 321 g/mol. The number of anilines is 2. The van der Waals surface area contributed by atoms with E-state index in [0.29, 0.717) is 44.3 Å². The molecule has 0 amide bonds. The lowest BCUT2D eigenvalue weighted by Crippen LogP contribution is -1.87. The van der Waals surface area contributed by atoms with Crippen LogP contribution in [0, 0.1) is 0 Å². The van der Waals surface area contributed by atoms with Gasteiger partial charge in [-0.05, 0) is 36.4 Å². The molecule has 0 saturated heterocycles. The molecule has 3 aromatic rings. The first-order chi connectivity index (χ1) is 10.0. The Morgan fingerprint density at radius 1 is 0.762 bits per heavy atom. The van der Waals surface area contributed by atoms with Gasteiger partial charge in [-0.2, -0.15) is 0 Å². The summed E-state index contributed by atoms with van der Waals surface area (Å²) in [5.41, 5.74) is 13.8. The minimum Gasteiger partial charge on any atom is -0.416 e. The van der Waals surface area contributed by atoms with E-state index in [-0.39, 0.29) is 0 Å². The Bertz CT molecular complexity index is 750. The van der Waals surface area contributed by atoms with Crippen LogP contribution in [0.4, 0.5) is 11.4 Å². The molecule has 0 radical (unpaired) electrons. The number of benzene rings is 2. The molecule has 0 spiro atoms. The Hall–Kier alpha value is -2.24. The molecule has 3 rings (SSSR count). The van der Waals surface area contributed by atoms with E-state index in [0.717, 1.165) is 0 Å². The molecule has 0 aliphatic carbocycles. The van der Waals surface area contributed by atoms with Crippen LogP contribution in [-0.4, -0.2) is 10.2 Å². The van der Waals surface area contributed by atoms with Gasteiger partial charge < -0.3 is 15.9 Å². The molecule has 0 bridgehead atoms. The standard InChI is InChI=1S/C14H10Cl2N4O/c15-9-3-1-7(5-11(9)17)13-19-20-14(21-13)8-2-4-10(16)12(18)6-8/h1-6H,17-18H2. The highest BCUT2D eigenvalue weighted by Gasteiger charge is 2.12. The van der Waals surface area contributed by atoms with Gasteiger partial charge in [0.05, 0.1) is 21.4 Å². The van der Waals surface area contributed by atoms with E-state index >= 15 is 0 Å². The van der Waals surface area contributed by atoms with Gasteiger partial charge in [0.15, 0.2) is 0 Å². The molecule has 0 atom stereocenters. The van der Waals surface area contributed by atoms with E-state index < -0.39 is 0 Å². The Morgan fingerprint density at radius 3 is 1.57 bits per heavy atom. The molecule has 1 aromatic heterocycles. The van der Waals surface area contributed by atoms with Crippen LogP contribution in [0.1, 0.15) is 0 Å². The van der Waals surface area contributed by atoms with E-state index in [9.17, 15) is 0 Å². The van der Waals surface area contributed by atoms with Crippen LogP contribution in [0.5, 0.6) is 0 Å². The summed E-state index contributed by atoms with van der Waals surface area (Å²) in [6, 6.07) is 10.2. The molecule has 4 N–H and O–H groups in total. The van der Waals surface area contributed by atoms with Gasteiger partial charge in [0, 0.05) is 11.1 Å². The second-order valence-corrected chi connectivity index (χ2v) is 5.20. The summed E-state index contributed by atoms with van der Waals surface area (Å²) < 4.78 is 5.63. The van der Waals surface area contributed by atoms with Crippen molar-refractivity contribution >= 4 is 34.6 Å². The number of nitrogens with zero attached hydrogens (tertiary/aromatic N) is 2. The molecular formula is C14H10Cl2N4O. The maximum Gasteiger partial charge on any atom is 0.248 e. The van der Waals surface area contributed by atoms with Crippen molar-refractivity contribution < 1.29 is 4.42 Å². The smallest absolute Gasteiger partial charge is 0.248 e. The predicted molar refractivity (Wildman–Crippen MR) is 84.0 cm³/mol. The maximum atomic E-state index is 5.88. The summed E-state index contributed by atoms with van der Waals surface area (Å²) >= 11 is 11.8. The van der Waals surface area contributed by atoms with Crippen molar-refractivity contribution in [3.63, 3.8) is 0 Å². The first-order valence-electron chi connectivity index (χ1n) is 5.99. The van der Waals surface area contributed by atoms with Gasteiger partial charge in [-0.25, -0.2) is 0 Å². The van der Waals surface area contributed by atoms with Gasteiger partial charge >= 0.3 is 0 Å². The van der Waals surface area contributed by atoms with Crippen molar-refractivity contribution in [1.82, 2.24) is 10.2 Å². The molecule has 1 heterocycles. The number of nitrogens with two attached hydrogens (primary N) is 2.